The number of aromatic nitrogens is 1. The molecule has 134 valence electrons. The van der Waals surface area contributed by atoms with Crippen molar-refractivity contribution in [2.75, 3.05) is 5.01 Å². The molecule has 1 aromatic heterocycles. The second-order valence-electron chi connectivity index (χ2n) is 6.18. The molecule has 1 atom stereocenters. The molecule has 0 aliphatic carbocycles. The molecule has 2 aromatic carbocycles. The summed E-state index contributed by atoms with van der Waals surface area (Å²) < 4.78 is 0. The Kier molecular flexibility index (Phi) is 4.60. The topological polar surface area (TPSA) is 70.3 Å². The Bertz CT molecular complexity index is 1040. The predicted molar refractivity (Wildman–Crippen MR) is 108 cm³/mol. The number of amides is 1. The molecule has 4 rings (SSSR count). The normalized spacial score (nSPS) is 17.0. The Morgan fingerprint density at radius 3 is 2.56 bits per heavy atom. The van der Waals surface area contributed by atoms with Crippen LogP contribution in [0.25, 0.3) is 11.3 Å². The molecule has 3 aromatic rings. The Balaban J connectivity index is 1.56. The number of azo groups is 1. The molecule has 27 heavy (non-hydrogen) atoms. The van der Waals surface area contributed by atoms with Crippen molar-refractivity contribution < 1.29 is 4.79 Å². The quantitative estimate of drug-likeness (QED) is 0.603. The Hall–Kier alpha value is -3.19. The van der Waals surface area contributed by atoms with Crippen LogP contribution in [0.15, 0.2) is 75.3 Å². The Morgan fingerprint density at radius 2 is 1.78 bits per heavy atom. The summed E-state index contributed by atoms with van der Waals surface area (Å²) in [6.07, 6.45) is 0. The number of carbonyl (C=O) groups excluding carboxylic acids is 1. The molecule has 6 nitrogen and oxygen atoms in total. The van der Waals surface area contributed by atoms with E-state index in [2.05, 4.69) is 20.3 Å². The van der Waals surface area contributed by atoms with Crippen molar-refractivity contribution in [1.82, 2.24) is 4.98 Å². The van der Waals surface area contributed by atoms with Gasteiger partial charge in [0.25, 0.3) is 5.91 Å². The molecule has 0 N–H and O–H groups in total. The number of benzene rings is 2. The maximum atomic E-state index is 12.8. The zero-order chi connectivity index (χ0) is 18.8. The van der Waals surface area contributed by atoms with Crippen LogP contribution in [-0.2, 0) is 4.79 Å². The third-order valence-corrected chi connectivity index (χ3v) is 5.05. The molecule has 0 fully saturated rings. The molecule has 0 saturated carbocycles. The van der Waals surface area contributed by atoms with Crippen LogP contribution in [-0.4, -0.2) is 22.6 Å². The predicted octanol–water partition coefficient (Wildman–Crippen LogP) is 4.99. The number of nitrogens with zero attached hydrogens (tertiary/aromatic N) is 5. The van der Waals surface area contributed by atoms with Crippen molar-refractivity contribution in [2.45, 2.75) is 19.9 Å². The summed E-state index contributed by atoms with van der Waals surface area (Å²) in [5.74, 6) is -0.237. The number of hydrazone groups is 1. The highest BCUT2D eigenvalue weighted by atomic mass is 32.1. The van der Waals surface area contributed by atoms with Crippen molar-refractivity contribution in [2.24, 2.45) is 15.3 Å². The molecule has 0 bridgehead atoms. The van der Waals surface area contributed by atoms with Gasteiger partial charge < -0.3 is 0 Å². The number of aryl methyl sites for hydroxylation is 1. The summed E-state index contributed by atoms with van der Waals surface area (Å²) in [6.45, 7) is 3.74. The van der Waals surface area contributed by atoms with Gasteiger partial charge in [0.2, 0.25) is 5.13 Å². The van der Waals surface area contributed by atoms with Gasteiger partial charge in [0.05, 0.1) is 17.1 Å². The van der Waals surface area contributed by atoms with Crippen LogP contribution in [0.3, 0.4) is 0 Å². The third kappa shape index (κ3) is 3.41. The van der Waals surface area contributed by atoms with Gasteiger partial charge in [0, 0.05) is 10.9 Å². The number of thiazole rings is 1. The smallest absolute Gasteiger partial charge is 0.269 e. The molecule has 0 radical (unpaired) electrons. The van der Waals surface area contributed by atoms with Crippen LogP contribution < -0.4 is 5.01 Å². The standard InChI is InChI=1S/C20H17N5OS/c1-13-8-6-7-11-16(13)22-23-18-14(2)24-25(19(18)26)20-21-17(12-27-20)15-9-4-3-5-10-15/h3-12,18H,1-2H3. The summed E-state index contributed by atoms with van der Waals surface area (Å²) in [6, 6.07) is 16.8. The lowest BCUT2D eigenvalue weighted by molar-refractivity contribution is -0.117. The van der Waals surface area contributed by atoms with Gasteiger partial charge >= 0.3 is 0 Å². The first kappa shape index (κ1) is 17.2. The molecule has 1 unspecified atom stereocenters. The molecule has 0 saturated heterocycles. The monoisotopic (exact) mass is 375 g/mol. The fourth-order valence-corrected chi connectivity index (χ4v) is 3.51. The molecule has 1 amide bonds. The van der Waals surface area contributed by atoms with E-state index in [1.165, 1.54) is 16.3 Å². The van der Waals surface area contributed by atoms with Crippen LogP contribution in [0.5, 0.6) is 0 Å². The number of hydrogen-bond acceptors (Lipinski definition) is 6. The second-order valence-corrected chi connectivity index (χ2v) is 7.01. The van der Waals surface area contributed by atoms with Crippen LogP contribution in [0.1, 0.15) is 12.5 Å². The van der Waals surface area contributed by atoms with Gasteiger partial charge in [-0.3, -0.25) is 4.79 Å². The first-order chi connectivity index (χ1) is 13.1. The van der Waals surface area contributed by atoms with Crippen LogP contribution >= 0.6 is 11.3 Å². The van der Waals surface area contributed by atoms with Crippen molar-refractivity contribution in [1.29, 1.82) is 0 Å². The van der Waals surface area contributed by atoms with Gasteiger partial charge in [-0.1, -0.05) is 48.5 Å². The molecule has 1 aliphatic heterocycles. The zero-order valence-electron chi connectivity index (χ0n) is 14.9. The fourth-order valence-electron chi connectivity index (χ4n) is 2.72. The van der Waals surface area contributed by atoms with Gasteiger partial charge in [0.1, 0.15) is 0 Å². The molecular formula is C20H17N5OS. The molecule has 0 spiro atoms. The molecular weight excluding hydrogens is 358 g/mol. The number of rotatable bonds is 4. The maximum absolute atomic E-state index is 12.8. The van der Waals surface area contributed by atoms with E-state index in [1.807, 2.05) is 66.9 Å². The van der Waals surface area contributed by atoms with E-state index < -0.39 is 6.04 Å². The highest BCUT2D eigenvalue weighted by molar-refractivity contribution is 7.14. The van der Waals surface area contributed by atoms with Crippen LogP contribution in [0.4, 0.5) is 10.8 Å². The van der Waals surface area contributed by atoms with Crippen molar-refractivity contribution in [3.05, 3.63) is 65.5 Å². The summed E-state index contributed by atoms with van der Waals surface area (Å²) >= 11 is 1.38. The first-order valence-corrected chi connectivity index (χ1v) is 9.38. The Labute approximate surface area is 160 Å². The molecule has 1 aliphatic rings. The number of hydrogen-bond donors (Lipinski definition) is 0. The van der Waals surface area contributed by atoms with E-state index >= 15 is 0 Å². The lowest BCUT2D eigenvalue weighted by Crippen LogP contribution is -2.29. The van der Waals surface area contributed by atoms with E-state index in [0.717, 1.165) is 22.5 Å². The van der Waals surface area contributed by atoms with Crippen molar-refractivity contribution in [3.63, 3.8) is 0 Å². The largest absolute Gasteiger partial charge is 0.282 e. The minimum atomic E-state index is -0.714. The van der Waals surface area contributed by atoms with Crippen molar-refractivity contribution >= 4 is 33.8 Å². The lowest BCUT2D eigenvalue weighted by atomic mass is 10.2. The summed E-state index contributed by atoms with van der Waals surface area (Å²) in [7, 11) is 0. The average molecular weight is 375 g/mol. The van der Waals surface area contributed by atoms with Crippen LogP contribution in [0.2, 0.25) is 0 Å². The Morgan fingerprint density at radius 1 is 1.04 bits per heavy atom. The van der Waals surface area contributed by atoms with Crippen LogP contribution in [0, 0.1) is 6.92 Å². The summed E-state index contributed by atoms with van der Waals surface area (Å²) in [4.78, 5) is 17.4. The van der Waals surface area contributed by atoms with Gasteiger partial charge in [0.15, 0.2) is 6.04 Å². The van der Waals surface area contributed by atoms with Gasteiger partial charge in [-0.25, -0.2) is 4.98 Å². The number of carbonyl (C=O) groups is 1. The minimum Gasteiger partial charge on any atom is -0.269 e. The van der Waals surface area contributed by atoms with E-state index in [-0.39, 0.29) is 5.91 Å². The average Bonchev–Trinajstić information content (AvgIpc) is 3.27. The van der Waals surface area contributed by atoms with E-state index in [0.29, 0.717) is 10.8 Å². The number of anilines is 1. The van der Waals surface area contributed by atoms with E-state index in [9.17, 15) is 4.79 Å². The molecule has 2 heterocycles. The van der Waals surface area contributed by atoms with E-state index in [1.54, 1.807) is 6.92 Å². The van der Waals surface area contributed by atoms with E-state index in [4.69, 9.17) is 0 Å². The van der Waals surface area contributed by atoms with Gasteiger partial charge in [-0.05, 0) is 25.5 Å². The maximum Gasteiger partial charge on any atom is 0.282 e. The lowest BCUT2D eigenvalue weighted by Gasteiger charge is -2.08. The summed E-state index contributed by atoms with van der Waals surface area (Å²) in [5.41, 5.74) is 4.18. The molecule has 7 heteroatoms. The first-order valence-electron chi connectivity index (χ1n) is 8.50. The highest BCUT2D eigenvalue weighted by Gasteiger charge is 2.36. The summed E-state index contributed by atoms with van der Waals surface area (Å²) in [5, 5.41) is 16.6. The highest BCUT2D eigenvalue weighted by Crippen LogP contribution is 2.30. The third-order valence-electron chi connectivity index (χ3n) is 4.24. The van der Waals surface area contributed by atoms with Gasteiger partial charge in [-0.15, -0.1) is 11.3 Å². The zero-order valence-corrected chi connectivity index (χ0v) is 15.7. The fraction of sp³-hybridized carbons (Fsp3) is 0.150. The minimum absolute atomic E-state index is 0.237. The van der Waals surface area contributed by atoms with Gasteiger partial charge in [-0.2, -0.15) is 20.3 Å². The van der Waals surface area contributed by atoms with Crippen molar-refractivity contribution in [3.8, 4) is 11.3 Å². The SMILES string of the molecule is CC1=NN(c2nc(-c3ccccc3)cs2)C(=O)C1N=Nc1ccccc1C. The second kappa shape index (κ2) is 7.20.